The summed E-state index contributed by atoms with van der Waals surface area (Å²) in [6.45, 7) is 3.06. The lowest BCUT2D eigenvalue weighted by Gasteiger charge is -2.35. The molecular formula is C14H20N8O. The van der Waals surface area contributed by atoms with Crippen molar-refractivity contribution in [2.45, 2.75) is 6.54 Å². The summed E-state index contributed by atoms with van der Waals surface area (Å²) in [4.78, 5) is 22.1. The van der Waals surface area contributed by atoms with E-state index < -0.39 is 0 Å². The quantitative estimate of drug-likeness (QED) is 0.750. The molecule has 1 fully saturated rings. The highest BCUT2D eigenvalue weighted by Gasteiger charge is 2.22. The van der Waals surface area contributed by atoms with Gasteiger partial charge in [-0.05, 0) is 0 Å². The Balaban J connectivity index is 1.58. The molecule has 3 heterocycles. The van der Waals surface area contributed by atoms with Gasteiger partial charge in [0.1, 0.15) is 19.2 Å². The number of carbonyl (C=O) groups excluding carboxylic acids is 1. The van der Waals surface area contributed by atoms with Crippen LogP contribution in [-0.4, -0.2) is 76.0 Å². The maximum Gasteiger partial charge on any atom is 0.244 e. The molecule has 9 nitrogen and oxygen atoms in total. The summed E-state index contributed by atoms with van der Waals surface area (Å²) in [7, 11) is 3.95. The number of hydrogen-bond donors (Lipinski definition) is 0. The third kappa shape index (κ3) is 3.55. The van der Waals surface area contributed by atoms with Crippen LogP contribution >= 0.6 is 0 Å². The zero-order valence-electron chi connectivity index (χ0n) is 13.3. The van der Waals surface area contributed by atoms with Gasteiger partial charge in [0.05, 0.1) is 11.9 Å². The Labute approximate surface area is 134 Å². The molecule has 122 valence electrons. The summed E-state index contributed by atoms with van der Waals surface area (Å²) in [6, 6.07) is 2.01. The van der Waals surface area contributed by atoms with Gasteiger partial charge >= 0.3 is 0 Å². The molecule has 9 heteroatoms. The molecule has 3 rings (SSSR count). The van der Waals surface area contributed by atoms with E-state index in [2.05, 4.69) is 25.2 Å². The number of aromatic nitrogens is 5. The molecule has 0 N–H and O–H groups in total. The summed E-state index contributed by atoms with van der Waals surface area (Å²) in [5, 5.41) is 12.2. The molecule has 1 saturated heterocycles. The molecule has 0 aromatic carbocycles. The first-order valence-electron chi connectivity index (χ1n) is 7.48. The van der Waals surface area contributed by atoms with Crippen LogP contribution in [0.5, 0.6) is 0 Å². The van der Waals surface area contributed by atoms with Gasteiger partial charge in [-0.1, -0.05) is 0 Å². The van der Waals surface area contributed by atoms with E-state index in [-0.39, 0.29) is 12.5 Å². The van der Waals surface area contributed by atoms with Gasteiger partial charge in [0.15, 0.2) is 5.82 Å². The second kappa shape index (κ2) is 6.59. The molecule has 2 aromatic rings. The van der Waals surface area contributed by atoms with Gasteiger partial charge in [0, 0.05) is 46.3 Å². The zero-order valence-corrected chi connectivity index (χ0v) is 13.3. The maximum atomic E-state index is 12.2. The highest BCUT2D eigenvalue weighted by molar-refractivity contribution is 5.76. The van der Waals surface area contributed by atoms with Crippen molar-refractivity contribution in [2.24, 2.45) is 0 Å². The normalized spacial score (nSPS) is 14.9. The summed E-state index contributed by atoms with van der Waals surface area (Å²) in [5.41, 5.74) is 1.01. The predicted octanol–water partition coefficient (Wildman–Crippen LogP) is -0.517. The first kappa shape index (κ1) is 15.2. The Bertz CT molecular complexity index is 649. The lowest BCUT2D eigenvalue weighted by Crippen LogP contribution is -2.50. The molecule has 1 aliphatic rings. The monoisotopic (exact) mass is 316 g/mol. The van der Waals surface area contributed by atoms with Crippen molar-refractivity contribution < 1.29 is 4.79 Å². The van der Waals surface area contributed by atoms with E-state index in [0.717, 1.165) is 24.6 Å². The molecular weight excluding hydrogens is 296 g/mol. The van der Waals surface area contributed by atoms with Crippen LogP contribution in [0, 0.1) is 0 Å². The predicted molar refractivity (Wildman–Crippen MR) is 85.2 cm³/mol. The number of carbonyl (C=O) groups is 1. The third-order valence-electron chi connectivity index (χ3n) is 3.86. The zero-order chi connectivity index (χ0) is 16.2. The topological polar surface area (TPSA) is 83.3 Å². The Morgan fingerprint density at radius 2 is 2.04 bits per heavy atom. The van der Waals surface area contributed by atoms with Gasteiger partial charge in [0.25, 0.3) is 0 Å². The van der Waals surface area contributed by atoms with Gasteiger partial charge in [0.2, 0.25) is 5.91 Å². The fraction of sp³-hybridized carbons (Fsp3) is 0.500. The van der Waals surface area contributed by atoms with E-state index in [9.17, 15) is 4.79 Å². The Hall–Kier alpha value is -2.71. The van der Waals surface area contributed by atoms with Crippen molar-refractivity contribution in [3.63, 3.8) is 0 Å². The molecule has 0 spiro atoms. The fourth-order valence-corrected chi connectivity index (χ4v) is 2.48. The Morgan fingerprint density at radius 3 is 2.70 bits per heavy atom. The van der Waals surface area contributed by atoms with Crippen LogP contribution in [0.3, 0.4) is 0 Å². The summed E-state index contributed by atoms with van der Waals surface area (Å²) in [5.74, 6) is 0.905. The second-order valence-corrected chi connectivity index (χ2v) is 5.63. The number of anilines is 2. The maximum absolute atomic E-state index is 12.2. The highest BCUT2D eigenvalue weighted by atomic mass is 16.2. The van der Waals surface area contributed by atoms with E-state index in [1.54, 1.807) is 17.2 Å². The van der Waals surface area contributed by atoms with Gasteiger partial charge in [-0.2, -0.15) is 10.2 Å². The molecule has 0 aliphatic carbocycles. The van der Waals surface area contributed by atoms with Crippen LogP contribution in [0.25, 0.3) is 0 Å². The van der Waals surface area contributed by atoms with Gasteiger partial charge in [-0.3, -0.25) is 4.79 Å². The molecule has 0 unspecified atom stereocenters. The standard InChI is InChI=1S/C14H20N8O/c1-19(2)12-7-13(18-16-8-12)20-3-5-21(6-4-20)14(23)9-22-11-15-10-17-22/h7-8,10-11H,3-6,9H2,1-2H3. The summed E-state index contributed by atoms with van der Waals surface area (Å²) in [6.07, 6.45) is 4.72. The minimum atomic E-state index is 0.0586. The molecule has 0 bridgehead atoms. The molecule has 1 aliphatic heterocycles. The average Bonchev–Trinajstić information content (AvgIpc) is 3.08. The van der Waals surface area contributed by atoms with Crippen molar-refractivity contribution in [3.05, 3.63) is 24.9 Å². The first-order valence-corrected chi connectivity index (χ1v) is 7.48. The number of nitrogens with zero attached hydrogens (tertiary/aromatic N) is 8. The largest absolute Gasteiger partial charge is 0.376 e. The second-order valence-electron chi connectivity index (χ2n) is 5.63. The van der Waals surface area contributed by atoms with E-state index in [0.29, 0.717) is 13.1 Å². The first-order chi connectivity index (χ1) is 11.1. The summed E-state index contributed by atoms with van der Waals surface area (Å²) < 4.78 is 1.54. The molecule has 2 aromatic heterocycles. The van der Waals surface area contributed by atoms with Crippen molar-refractivity contribution in [3.8, 4) is 0 Å². The van der Waals surface area contributed by atoms with Gasteiger partial charge in [-0.25, -0.2) is 9.67 Å². The van der Waals surface area contributed by atoms with Crippen molar-refractivity contribution in [1.82, 2.24) is 29.9 Å². The molecule has 0 atom stereocenters. The SMILES string of the molecule is CN(C)c1cnnc(N2CCN(C(=O)Cn3cncn3)CC2)c1. The van der Waals surface area contributed by atoms with Crippen LogP contribution < -0.4 is 9.80 Å². The van der Waals surface area contributed by atoms with Crippen LogP contribution in [0.15, 0.2) is 24.9 Å². The van der Waals surface area contributed by atoms with E-state index >= 15 is 0 Å². The van der Waals surface area contributed by atoms with E-state index in [4.69, 9.17) is 0 Å². The lowest BCUT2D eigenvalue weighted by atomic mass is 10.3. The molecule has 23 heavy (non-hydrogen) atoms. The highest BCUT2D eigenvalue weighted by Crippen LogP contribution is 2.18. The van der Waals surface area contributed by atoms with Crippen LogP contribution in [0.1, 0.15) is 0 Å². The van der Waals surface area contributed by atoms with Crippen molar-refractivity contribution >= 4 is 17.4 Å². The lowest BCUT2D eigenvalue weighted by molar-refractivity contribution is -0.132. The van der Waals surface area contributed by atoms with Gasteiger partial charge < -0.3 is 14.7 Å². The minimum Gasteiger partial charge on any atom is -0.376 e. The van der Waals surface area contributed by atoms with Crippen LogP contribution in [0.4, 0.5) is 11.5 Å². The van der Waals surface area contributed by atoms with Gasteiger partial charge in [-0.15, -0.1) is 5.10 Å². The summed E-state index contributed by atoms with van der Waals surface area (Å²) >= 11 is 0. The van der Waals surface area contributed by atoms with Crippen molar-refractivity contribution in [1.29, 1.82) is 0 Å². The van der Waals surface area contributed by atoms with Crippen LogP contribution in [-0.2, 0) is 11.3 Å². The average molecular weight is 316 g/mol. The number of piperazine rings is 1. The van der Waals surface area contributed by atoms with E-state index in [1.165, 1.54) is 6.33 Å². The Kier molecular flexibility index (Phi) is 4.35. The minimum absolute atomic E-state index is 0.0586. The number of hydrogen-bond acceptors (Lipinski definition) is 7. The molecule has 0 saturated carbocycles. The fourth-order valence-electron chi connectivity index (χ4n) is 2.48. The smallest absolute Gasteiger partial charge is 0.244 e. The number of amides is 1. The van der Waals surface area contributed by atoms with Crippen LogP contribution in [0.2, 0.25) is 0 Å². The Morgan fingerprint density at radius 1 is 1.26 bits per heavy atom. The third-order valence-corrected chi connectivity index (χ3v) is 3.86. The van der Waals surface area contributed by atoms with Crippen molar-refractivity contribution in [2.75, 3.05) is 50.1 Å². The molecule has 1 amide bonds. The molecule has 0 radical (unpaired) electrons. The number of rotatable bonds is 4. The van der Waals surface area contributed by atoms with E-state index in [1.807, 2.05) is 30.0 Å².